The molecule has 0 radical (unpaired) electrons. The Hall–Kier alpha value is -1.93. The topological polar surface area (TPSA) is 47.9 Å². The summed E-state index contributed by atoms with van der Waals surface area (Å²) in [6.45, 7) is 1.84. The number of nitrogens with one attached hydrogen (secondary N) is 1. The first-order valence-electron chi connectivity index (χ1n) is 9.44. The van der Waals surface area contributed by atoms with Gasteiger partial charge in [0.1, 0.15) is 5.71 Å². The van der Waals surface area contributed by atoms with Crippen molar-refractivity contribution < 1.29 is 4.79 Å². The Morgan fingerprint density at radius 3 is 2.41 bits per heavy atom. The Labute approximate surface area is 173 Å². The lowest BCUT2D eigenvalue weighted by Gasteiger charge is -2.26. The van der Waals surface area contributed by atoms with Gasteiger partial charge in [-0.15, -0.1) is 0 Å². The van der Waals surface area contributed by atoms with Crippen LogP contribution in [-0.4, -0.2) is 29.7 Å². The van der Waals surface area contributed by atoms with Crippen molar-refractivity contribution in [3.05, 3.63) is 63.7 Å². The van der Waals surface area contributed by atoms with Crippen molar-refractivity contribution in [1.29, 1.82) is 0 Å². The van der Waals surface area contributed by atoms with E-state index in [1.54, 1.807) is 0 Å². The molecule has 0 aromatic heterocycles. The molecule has 27 heavy (non-hydrogen) atoms. The van der Waals surface area contributed by atoms with Crippen LogP contribution < -0.4 is 10.4 Å². The minimum Gasteiger partial charge on any atom is -0.284 e. The molecule has 140 valence electrons. The third-order valence-electron chi connectivity index (χ3n) is 5.06. The molecule has 0 aliphatic carbocycles. The molecule has 1 atom stereocenters. The maximum absolute atomic E-state index is 12.8. The molecule has 1 amide bonds. The number of hydrazone groups is 1. The average Bonchev–Trinajstić information content (AvgIpc) is 3.16. The highest BCUT2D eigenvalue weighted by Gasteiger charge is 2.33. The Morgan fingerprint density at radius 2 is 1.70 bits per heavy atom. The quantitative estimate of drug-likeness (QED) is 0.679. The highest BCUT2D eigenvalue weighted by atomic mass is 127. The molecule has 4 rings (SSSR count). The molecule has 2 heterocycles. The maximum Gasteiger partial charge on any atom is 0.281 e. The lowest BCUT2D eigenvalue weighted by atomic mass is 10.0. The van der Waals surface area contributed by atoms with Crippen molar-refractivity contribution >= 4 is 39.9 Å². The zero-order valence-corrected chi connectivity index (χ0v) is 17.3. The van der Waals surface area contributed by atoms with E-state index in [1.807, 2.05) is 28.2 Å². The van der Waals surface area contributed by atoms with E-state index in [2.05, 4.69) is 64.4 Å². The Bertz CT molecular complexity index is 816. The largest absolute Gasteiger partial charge is 0.284 e. The number of hydrogen-bond donors (Lipinski definition) is 1. The lowest BCUT2D eigenvalue weighted by molar-refractivity contribution is -0.119. The molecule has 1 N–H and O–H groups in total. The van der Waals surface area contributed by atoms with E-state index in [-0.39, 0.29) is 11.9 Å². The Morgan fingerprint density at radius 1 is 1.00 bits per heavy atom. The van der Waals surface area contributed by atoms with Crippen molar-refractivity contribution in [3.8, 4) is 0 Å². The fourth-order valence-electron chi connectivity index (χ4n) is 3.63. The monoisotopic (exact) mass is 474 g/mol. The predicted octanol–water partition coefficient (Wildman–Crippen LogP) is 4.12. The summed E-state index contributed by atoms with van der Waals surface area (Å²) in [5, 5.41) is 8.73. The van der Waals surface area contributed by atoms with Crippen LogP contribution in [0.15, 0.2) is 59.7 Å². The number of hydrogen-bond acceptors (Lipinski definition) is 4. The number of amides is 1. The van der Waals surface area contributed by atoms with E-state index in [4.69, 9.17) is 5.10 Å². The third-order valence-corrected chi connectivity index (χ3v) is 5.78. The SMILES string of the molecule is O=C(NN1CCCCC1)C1=NN(c2ccc(I)cc2)C(c2ccccc2)C1. The van der Waals surface area contributed by atoms with E-state index >= 15 is 0 Å². The van der Waals surface area contributed by atoms with Crippen LogP contribution in [0.5, 0.6) is 0 Å². The van der Waals surface area contributed by atoms with E-state index in [0.717, 1.165) is 31.6 Å². The van der Waals surface area contributed by atoms with Gasteiger partial charge in [0, 0.05) is 23.1 Å². The van der Waals surface area contributed by atoms with Gasteiger partial charge in [0.2, 0.25) is 0 Å². The number of nitrogens with zero attached hydrogens (tertiary/aromatic N) is 3. The van der Waals surface area contributed by atoms with Gasteiger partial charge < -0.3 is 0 Å². The van der Waals surface area contributed by atoms with Crippen LogP contribution in [0, 0.1) is 3.57 Å². The van der Waals surface area contributed by atoms with Crippen molar-refractivity contribution in [2.75, 3.05) is 18.1 Å². The van der Waals surface area contributed by atoms with Gasteiger partial charge in [0.15, 0.2) is 0 Å². The summed E-state index contributed by atoms with van der Waals surface area (Å²) < 4.78 is 1.18. The number of anilines is 1. The zero-order chi connectivity index (χ0) is 18.6. The number of rotatable bonds is 4. The van der Waals surface area contributed by atoms with E-state index in [9.17, 15) is 4.79 Å². The van der Waals surface area contributed by atoms with Crippen LogP contribution in [0.4, 0.5) is 5.69 Å². The van der Waals surface area contributed by atoms with Gasteiger partial charge in [-0.05, 0) is 65.3 Å². The number of piperidine rings is 1. The summed E-state index contributed by atoms with van der Waals surface area (Å²) in [5.41, 5.74) is 5.81. The van der Waals surface area contributed by atoms with Crippen LogP contribution in [0.3, 0.4) is 0 Å². The summed E-state index contributed by atoms with van der Waals surface area (Å²) in [5.74, 6) is -0.0779. The molecule has 0 bridgehead atoms. The summed E-state index contributed by atoms with van der Waals surface area (Å²) in [7, 11) is 0. The van der Waals surface area contributed by atoms with Crippen molar-refractivity contribution in [2.24, 2.45) is 5.10 Å². The third kappa shape index (κ3) is 4.32. The van der Waals surface area contributed by atoms with Crippen LogP contribution in [0.2, 0.25) is 0 Å². The van der Waals surface area contributed by atoms with Crippen molar-refractivity contribution in [1.82, 2.24) is 10.4 Å². The van der Waals surface area contributed by atoms with Crippen LogP contribution in [0.25, 0.3) is 0 Å². The first kappa shape index (κ1) is 18.4. The van der Waals surface area contributed by atoms with Crippen LogP contribution in [-0.2, 0) is 4.79 Å². The van der Waals surface area contributed by atoms with Gasteiger partial charge in [-0.1, -0.05) is 36.8 Å². The molecule has 0 saturated carbocycles. The van der Waals surface area contributed by atoms with Gasteiger partial charge in [-0.3, -0.25) is 15.2 Å². The molecule has 1 saturated heterocycles. The molecule has 5 nitrogen and oxygen atoms in total. The first-order valence-corrected chi connectivity index (χ1v) is 10.5. The molecule has 1 unspecified atom stereocenters. The molecule has 2 aromatic rings. The number of halogens is 1. The zero-order valence-electron chi connectivity index (χ0n) is 15.1. The number of hydrazine groups is 1. The number of carbonyl (C=O) groups is 1. The lowest BCUT2D eigenvalue weighted by Crippen LogP contribution is -2.47. The van der Waals surface area contributed by atoms with Gasteiger partial charge in [0.25, 0.3) is 5.91 Å². The summed E-state index contributed by atoms with van der Waals surface area (Å²) in [6.07, 6.45) is 4.11. The molecule has 6 heteroatoms. The molecule has 2 aromatic carbocycles. The van der Waals surface area contributed by atoms with Gasteiger partial charge in [-0.25, -0.2) is 5.01 Å². The first-order chi connectivity index (χ1) is 13.2. The standard InChI is InChI=1S/C21H23IN4O/c22-17-9-11-18(12-10-17)26-20(16-7-3-1-4-8-16)15-19(23-26)21(27)24-25-13-5-2-6-14-25/h1,3-4,7-12,20H,2,5-6,13-15H2,(H,24,27). The highest BCUT2D eigenvalue weighted by Crippen LogP contribution is 2.35. The van der Waals surface area contributed by atoms with E-state index in [1.165, 1.54) is 15.6 Å². The van der Waals surface area contributed by atoms with Crippen molar-refractivity contribution in [3.63, 3.8) is 0 Å². The second-order valence-corrected chi connectivity index (χ2v) is 8.23. The predicted molar refractivity (Wildman–Crippen MR) is 116 cm³/mol. The average molecular weight is 474 g/mol. The fraction of sp³-hybridized carbons (Fsp3) is 0.333. The Balaban J connectivity index is 1.58. The molecule has 1 fully saturated rings. The normalized spacial score (nSPS) is 20.4. The smallest absolute Gasteiger partial charge is 0.281 e. The summed E-state index contributed by atoms with van der Waals surface area (Å²) in [4.78, 5) is 12.8. The van der Waals surface area contributed by atoms with Crippen molar-refractivity contribution in [2.45, 2.75) is 31.7 Å². The Kier molecular flexibility index (Phi) is 5.73. The van der Waals surface area contributed by atoms with Gasteiger partial charge in [-0.2, -0.15) is 5.10 Å². The van der Waals surface area contributed by atoms with E-state index < -0.39 is 0 Å². The molecular formula is C21H23IN4O. The number of benzene rings is 2. The number of carbonyl (C=O) groups excluding carboxylic acids is 1. The van der Waals surface area contributed by atoms with Gasteiger partial charge in [0.05, 0.1) is 11.7 Å². The molecule has 0 spiro atoms. The molecule has 2 aliphatic heterocycles. The fourth-order valence-corrected chi connectivity index (χ4v) is 3.99. The van der Waals surface area contributed by atoms with Crippen LogP contribution in [0.1, 0.15) is 37.3 Å². The highest BCUT2D eigenvalue weighted by molar-refractivity contribution is 14.1. The van der Waals surface area contributed by atoms with Gasteiger partial charge >= 0.3 is 0 Å². The second-order valence-electron chi connectivity index (χ2n) is 6.99. The second kappa shape index (κ2) is 8.39. The minimum atomic E-state index is -0.0779. The summed E-state index contributed by atoms with van der Waals surface area (Å²) >= 11 is 2.30. The van der Waals surface area contributed by atoms with E-state index in [0.29, 0.717) is 12.1 Å². The minimum absolute atomic E-state index is 0.0355. The maximum atomic E-state index is 12.8. The molecular weight excluding hydrogens is 451 g/mol. The summed E-state index contributed by atoms with van der Waals surface area (Å²) in [6, 6.07) is 18.6. The molecule has 2 aliphatic rings. The van der Waals surface area contributed by atoms with Crippen LogP contribution >= 0.6 is 22.6 Å².